The Hall–Kier alpha value is 0.109. The monoisotopic (exact) mass is 117 g/mol. The first-order valence-electron chi connectivity index (χ1n) is 0.289. The second-order valence-corrected chi connectivity index (χ2v) is 0. The van der Waals surface area contributed by atoms with Gasteiger partial charge in [0, 0.05) is 17.1 Å². The summed E-state index contributed by atoms with van der Waals surface area (Å²) in [5.41, 5.74) is 0. The van der Waals surface area contributed by atoms with Crippen molar-refractivity contribution in [2.45, 2.75) is 0 Å². The summed E-state index contributed by atoms with van der Waals surface area (Å²) in [6.45, 7) is 2.00. The topological polar surface area (TPSA) is 74.1 Å². The van der Waals surface area contributed by atoms with E-state index in [0.29, 0.717) is 0 Å². The summed E-state index contributed by atoms with van der Waals surface area (Å²) in [4.78, 5) is 8.00. The van der Waals surface area contributed by atoms with Crippen molar-refractivity contribution in [2.24, 2.45) is 0 Å². The van der Waals surface area contributed by atoms with Crippen LogP contribution in [0, 0.1) is 0 Å². The van der Waals surface area contributed by atoms with E-state index in [2.05, 4.69) is 0 Å². The molecule has 1 radical (unpaired) electrons. The second kappa shape index (κ2) is 3320. The molecular weight excluding hydrogens is 115 g/mol. The number of carbonyl (C=O) groups excluding carboxylic acids is 1. The van der Waals surface area contributed by atoms with Crippen LogP contribution >= 0.6 is 0 Å². The third-order valence-corrected chi connectivity index (χ3v) is 0. The molecule has 0 atom stereocenters. The Balaban J connectivity index is -0.00000000167. The zero-order chi connectivity index (χ0) is 2.00. The summed E-state index contributed by atoms with van der Waals surface area (Å²) in [6.07, 6.45) is 0. The van der Waals surface area contributed by atoms with Gasteiger partial charge in [-0.05, 0) is 0 Å². The summed E-state index contributed by atoms with van der Waals surface area (Å²) >= 11 is 0. The van der Waals surface area contributed by atoms with Crippen molar-refractivity contribution in [3.05, 3.63) is 0 Å². The Kier molecular flexibility index (Phi) is 46500. The van der Waals surface area contributed by atoms with Gasteiger partial charge in [-0.15, -0.1) is 0 Å². The number of carbonyl (C=O) groups is 1. The van der Waals surface area contributed by atoms with Crippen LogP contribution in [0.5, 0.6) is 0 Å². The van der Waals surface area contributed by atoms with Crippen LogP contribution in [0.25, 0.3) is 0 Å². The van der Waals surface area contributed by atoms with Crippen LogP contribution in [0.2, 0.25) is 0 Å². The Morgan fingerprint density at radius 1 is 1.00 bits per heavy atom. The summed E-state index contributed by atoms with van der Waals surface area (Å²) in [5.74, 6) is 0. The first-order chi connectivity index (χ1) is 1.00. The van der Waals surface area contributed by atoms with Crippen LogP contribution in [-0.2, 0) is 32.8 Å². The Morgan fingerprint density at radius 2 is 1.00 bits per heavy atom. The van der Waals surface area contributed by atoms with E-state index in [9.17, 15) is 0 Å². The maximum Gasteiger partial charge on any atom is 0.106 e. The quantitative estimate of drug-likeness (QED) is 0.397. The minimum Gasteiger partial charge on any atom is -2.00 e. The number of hydrogen-bond donors (Lipinski definition) is 0. The molecule has 3 nitrogen and oxygen atoms in total. The van der Waals surface area contributed by atoms with Crippen molar-refractivity contribution in [1.29, 1.82) is 0 Å². The predicted octanol–water partition coefficient (Wildman–Crippen LogP) is -0.425. The molecule has 35 valence electrons. The van der Waals surface area contributed by atoms with Crippen molar-refractivity contribution in [3.8, 4) is 0 Å². The van der Waals surface area contributed by atoms with Crippen molar-refractivity contribution in [2.75, 3.05) is 0 Å². The molecule has 0 amide bonds. The van der Waals surface area contributed by atoms with Crippen molar-refractivity contribution >= 4 is 6.79 Å². The van der Waals surface area contributed by atoms with Gasteiger partial charge in [-0.25, -0.2) is 0 Å². The van der Waals surface area contributed by atoms with Gasteiger partial charge < -0.3 is 15.7 Å². The first kappa shape index (κ1) is 70.1. The molecule has 0 fully saturated rings. The average Bonchev–Trinajstić information content (AvgIpc) is 1.00. The van der Waals surface area contributed by atoms with E-state index in [4.69, 9.17) is 4.79 Å². The van der Waals surface area contributed by atoms with Crippen LogP contribution in [0.1, 0.15) is 0 Å². The molecule has 0 aromatic rings. The van der Waals surface area contributed by atoms with Crippen LogP contribution in [-0.4, -0.2) is 6.79 Å². The molecular formula is CH2MnO3-4. The summed E-state index contributed by atoms with van der Waals surface area (Å²) in [5, 5.41) is 0. The zero-order valence-corrected chi connectivity index (χ0v) is 3.49. The van der Waals surface area contributed by atoms with E-state index in [1.165, 1.54) is 0 Å². The smallest absolute Gasteiger partial charge is 0.106 e. The summed E-state index contributed by atoms with van der Waals surface area (Å²) < 4.78 is 0. The van der Waals surface area contributed by atoms with Crippen molar-refractivity contribution < 1.29 is 32.8 Å². The van der Waals surface area contributed by atoms with Gasteiger partial charge in [-0.3, -0.25) is 0 Å². The van der Waals surface area contributed by atoms with Crippen LogP contribution in [0.15, 0.2) is 0 Å². The van der Waals surface area contributed by atoms with Crippen LogP contribution < -0.4 is 0 Å². The van der Waals surface area contributed by atoms with Gasteiger partial charge in [0.25, 0.3) is 0 Å². The van der Waals surface area contributed by atoms with Gasteiger partial charge in [0.05, 0.1) is 0 Å². The molecule has 0 heterocycles. The normalized spacial score (nSPS) is 0.800. The minimum atomic E-state index is 0. The molecule has 0 aromatic heterocycles. The maximum atomic E-state index is 8.00. The molecule has 0 rings (SSSR count). The second-order valence-electron chi connectivity index (χ2n) is 0. The molecule has 0 spiro atoms. The molecule has 0 aliphatic rings. The molecule has 0 bridgehead atoms. The van der Waals surface area contributed by atoms with E-state index < -0.39 is 0 Å². The van der Waals surface area contributed by atoms with Gasteiger partial charge >= 0.3 is 0 Å². The molecule has 5 heavy (non-hydrogen) atoms. The van der Waals surface area contributed by atoms with Crippen molar-refractivity contribution in [1.82, 2.24) is 0 Å². The third-order valence-electron chi connectivity index (χ3n) is 0. The van der Waals surface area contributed by atoms with E-state index in [1.807, 2.05) is 6.79 Å². The van der Waals surface area contributed by atoms with Gasteiger partial charge in [0.2, 0.25) is 0 Å². The summed E-state index contributed by atoms with van der Waals surface area (Å²) in [7, 11) is 0. The molecule has 0 unspecified atom stereocenters. The number of hydrogen-bond acceptors (Lipinski definition) is 1. The van der Waals surface area contributed by atoms with Crippen LogP contribution in [0.3, 0.4) is 0 Å². The van der Waals surface area contributed by atoms with Crippen molar-refractivity contribution in [3.63, 3.8) is 0 Å². The largest absolute Gasteiger partial charge is 2.00 e. The van der Waals surface area contributed by atoms with Crippen LogP contribution in [0.4, 0.5) is 0 Å². The van der Waals surface area contributed by atoms with E-state index >= 15 is 0 Å². The molecule has 0 N–H and O–H groups in total. The van der Waals surface area contributed by atoms with Gasteiger partial charge in [0.1, 0.15) is 6.79 Å². The third kappa shape index (κ3) is 1530. The molecule has 0 saturated carbocycles. The molecule has 0 aliphatic heterocycles. The fourth-order valence-corrected chi connectivity index (χ4v) is 0. The molecule has 4 heteroatoms. The van der Waals surface area contributed by atoms with Gasteiger partial charge in [-0.1, -0.05) is 0 Å². The minimum absolute atomic E-state index is 0. The predicted molar refractivity (Wildman–Crippen MR) is 8.49 cm³/mol. The standard InChI is InChI=1S/CH2O.Mn.2O/c1-2;;;/h1H2;;;/q;;2*-2. The average molecular weight is 117 g/mol. The summed E-state index contributed by atoms with van der Waals surface area (Å²) in [6, 6.07) is 0. The Bertz CT molecular complexity index is 6.85. The molecule has 0 aromatic carbocycles. The Labute approximate surface area is 40.5 Å². The molecule has 0 saturated heterocycles. The van der Waals surface area contributed by atoms with Gasteiger partial charge in [0.15, 0.2) is 0 Å². The fraction of sp³-hybridized carbons (Fsp3) is 0. The number of rotatable bonds is 0. The zero-order valence-electron chi connectivity index (χ0n) is 2.31. The SMILES string of the molecule is C=O.[Mn].[O-2].[O-2]. The first-order valence-corrected chi connectivity index (χ1v) is 0.289. The fourth-order valence-electron chi connectivity index (χ4n) is 0. The maximum absolute atomic E-state index is 8.00. The Morgan fingerprint density at radius 3 is 1.00 bits per heavy atom. The van der Waals surface area contributed by atoms with Gasteiger partial charge in [-0.2, -0.15) is 0 Å². The molecule has 0 aliphatic carbocycles. The van der Waals surface area contributed by atoms with E-state index in [1.54, 1.807) is 0 Å². The van der Waals surface area contributed by atoms with E-state index in [0.717, 1.165) is 0 Å². The van der Waals surface area contributed by atoms with E-state index in [-0.39, 0.29) is 28.0 Å².